The summed E-state index contributed by atoms with van der Waals surface area (Å²) in [6, 6.07) is 10.1. The molecule has 0 fully saturated rings. The van der Waals surface area contributed by atoms with Crippen LogP contribution in [0.4, 0.5) is 0 Å². The van der Waals surface area contributed by atoms with Crippen LogP contribution < -0.4 is 11.1 Å². The van der Waals surface area contributed by atoms with Gasteiger partial charge in [-0.25, -0.2) is 4.98 Å². The molecule has 0 aliphatic carbocycles. The number of hydrogen-bond donors (Lipinski definition) is 2. The van der Waals surface area contributed by atoms with E-state index in [1.54, 1.807) is 24.3 Å². The summed E-state index contributed by atoms with van der Waals surface area (Å²) < 4.78 is 1.17. The summed E-state index contributed by atoms with van der Waals surface area (Å²) >= 11 is 0. The molecule has 3 aromatic heterocycles. The van der Waals surface area contributed by atoms with Crippen LogP contribution in [0.25, 0.3) is 27.5 Å². The lowest BCUT2D eigenvalue weighted by Gasteiger charge is -2.06. The third-order valence-electron chi connectivity index (χ3n) is 3.49. The summed E-state index contributed by atoms with van der Waals surface area (Å²) in [6.07, 6.45) is 1.47. The molecule has 0 bridgehead atoms. The van der Waals surface area contributed by atoms with Gasteiger partial charge in [-0.05, 0) is 18.2 Å². The summed E-state index contributed by atoms with van der Waals surface area (Å²) in [5.74, 6) is -0.110. The van der Waals surface area contributed by atoms with Crippen LogP contribution in [-0.4, -0.2) is 19.5 Å². The number of aromatic amines is 1. The second kappa shape index (κ2) is 3.92. The number of nitrogens with one attached hydrogen (secondary N) is 1. The highest BCUT2D eigenvalue weighted by Crippen LogP contribution is 2.20. The minimum atomic E-state index is -0.502. The quantitative estimate of drug-likeness (QED) is 0.376. The van der Waals surface area contributed by atoms with Crippen molar-refractivity contribution in [3.8, 4) is 5.75 Å². The Hall–Kier alpha value is -3.15. The van der Waals surface area contributed by atoms with Crippen LogP contribution in [0.5, 0.6) is 5.75 Å². The lowest BCUT2D eigenvalue weighted by atomic mass is 10.1. The van der Waals surface area contributed by atoms with Crippen molar-refractivity contribution < 1.29 is 5.11 Å². The average Bonchev–Trinajstić information content (AvgIpc) is 2.48. The van der Waals surface area contributed by atoms with Gasteiger partial charge in [0.2, 0.25) is 0 Å². The third kappa shape index (κ3) is 1.50. The molecule has 6 nitrogen and oxygen atoms in total. The van der Waals surface area contributed by atoms with Crippen LogP contribution in [0.15, 0.2) is 52.2 Å². The summed E-state index contributed by atoms with van der Waals surface area (Å²) in [5.41, 5.74) is 0.0325. The van der Waals surface area contributed by atoms with E-state index < -0.39 is 11.1 Å². The zero-order valence-corrected chi connectivity index (χ0v) is 10.7. The van der Waals surface area contributed by atoms with E-state index in [2.05, 4.69) is 9.97 Å². The normalized spacial score (nSPS) is 11.4. The summed E-state index contributed by atoms with van der Waals surface area (Å²) in [5, 5.41) is 10.5. The maximum absolute atomic E-state index is 12.5. The van der Waals surface area contributed by atoms with E-state index in [-0.39, 0.29) is 16.8 Å². The number of rotatable bonds is 0. The largest absolute Gasteiger partial charge is 0.504 e. The predicted molar refractivity (Wildman–Crippen MR) is 78.8 cm³/mol. The average molecular weight is 279 g/mol. The molecular formula is C15H9N3O3. The molecule has 0 spiro atoms. The van der Waals surface area contributed by atoms with Gasteiger partial charge in [-0.1, -0.05) is 18.2 Å². The second-order valence-corrected chi connectivity index (χ2v) is 4.73. The zero-order chi connectivity index (χ0) is 14.6. The van der Waals surface area contributed by atoms with Gasteiger partial charge in [0.15, 0.2) is 11.4 Å². The van der Waals surface area contributed by atoms with Crippen molar-refractivity contribution in [3.63, 3.8) is 0 Å². The number of H-pyrrole nitrogens is 1. The number of pyridine rings is 2. The van der Waals surface area contributed by atoms with Crippen molar-refractivity contribution in [2.45, 2.75) is 0 Å². The van der Waals surface area contributed by atoms with E-state index in [1.807, 2.05) is 0 Å². The number of fused-ring (bicyclic) bond motifs is 4. The smallest absolute Gasteiger partial charge is 0.271 e. The Kier molecular flexibility index (Phi) is 2.18. The van der Waals surface area contributed by atoms with Gasteiger partial charge in [-0.2, -0.15) is 0 Å². The Morgan fingerprint density at radius 1 is 1.10 bits per heavy atom. The van der Waals surface area contributed by atoms with Crippen molar-refractivity contribution >= 4 is 27.5 Å². The highest BCUT2D eigenvalue weighted by Gasteiger charge is 2.14. The number of nitrogens with zero attached hydrogens (tertiary/aromatic N) is 2. The van der Waals surface area contributed by atoms with Crippen molar-refractivity contribution in [2.75, 3.05) is 0 Å². The highest BCUT2D eigenvalue weighted by molar-refractivity contribution is 6.03. The molecule has 0 saturated heterocycles. The molecule has 1 aromatic carbocycles. The van der Waals surface area contributed by atoms with E-state index >= 15 is 0 Å². The van der Waals surface area contributed by atoms with Crippen molar-refractivity contribution in [3.05, 3.63) is 63.3 Å². The first kappa shape index (κ1) is 11.7. The number of aromatic hydroxyl groups is 1. The Morgan fingerprint density at radius 2 is 1.90 bits per heavy atom. The Morgan fingerprint density at radius 3 is 2.76 bits per heavy atom. The molecule has 4 rings (SSSR count). The fourth-order valence-corrected chi connectivity index (χ4v) is 2.53. The number of benzene rings is 1. The van der Waals surface area contributed by atoms with Gasteiger partial charge >= 0.3 is 0 Å². The molecule has 0 saturated carbocycles. The van der Waals surface area contributed by atoms with Crippen LogP contribution in [0.3, 0.4) is 0 Å². The first-order valence-corrected chi connectivity index (χ1v) is 6.32. The van der Waals surface area contributed by atoms with Gasteiger partial charge < -0.3 is 10.1 Å². The summed E-state index contributed by atoms with van der Waals surface area (Å²) in [6.45, 7) is 0. The van der Waals surface area contributed by atoms with Crippen LogP contribution in [-0.2, 0) is 0 Å². The molecule has 0 aliphatic rings. The van der Waals surface area contributed by atoms with E-state index in [9.17, 15) is 14.7 Å². The van der Waals surface area contributed by atoms with Crippen LogP contribution >= 0.6 is 0 Å². The molecule has 0 atom stereocenters. The molecule has 0 unspecified atom stereocenters. The molecule has 2 N–H and O–H groups in total. The predicted octanol–water partition coefficient (Wildman–Crippen LogP) is 1.39. The minimum Gasteiger partial charge on any atom is -0.504 e. The second-order valence-electron chi connectivity index (χ2n) is 4.73. The topological polar surface area (TPSA) is 87.5 Å². The van der Waals surface area contributed by atoms with Gasteiger partial charge in [0.25, 0.3) is 11.1 Å². The molecule has 0 radical (unpaired) electrons. The summed E-state index contributed by atoms with van der Waals surface area (Å²) in [4.78, 5) is 31.7. The molecule has 0 aliphatic heterocycles. The summed E-state index contributed by atoms with van der Waals surface area (Å²) in [7, 11) is 0. The van der Waals surface area contributed by atoms with Gasteiger partial charge in [0.1, 0.15) is 5.39 Å². The third-order valence-corrected chi connectivity index (χ3v) is 3.49. The van der Waals surface area contributed by atoms with Crippen molar-refractivity contribution in [1.29, 1.82) is 0 Å². The molecular weight excluding hydrogens is 270 g/mol. The van der Waals surface area contributed by atoms with E-state index in [0.717, 1.165) is 0 Å². The zero-order valence-electron chi connectivity index (χ0n) is 10.7. The van der Waals surface area contributed by atoms with Crippen molar-refractivity contribution in [1.82, 2.24) is 14.4 Å². The fraction of sp³-hybridized carbons (Fsp3) is 0. The van der Waals surface area contributed by atoms with E-state index in [4.69, 9.17) is 0 Å². The van der Waals surface area contributed by atoms with Gasteiger partial charge in [0.05, 0.1) is 11.0 Å². The van der Waals surface area contributed by atoms with E-state index in [0.29, 0.717) is 16.4 Å². The van der Waals surface area contributed by atoms with E-state index in [1.165, 1.54) is 22.7 Å². The first-order valence-electron chi connectivity index (χ1n) is 6.32. The monoisotopic (exact) mass is 279 g/mol. The first-order chi connectivity index (χ1) is 10.2. The Balaban J connectivity index is 2.43. The standard InChI is InChI=1S/C15H9N3O3/c19-10-6-3-7-18-13(10)17-12-8-4-1-2-5-9(8)16-14(20)11(12)15(18)21/h1-7,19H,(H,16,20). The lowest BCUT2D eigenvalue weighted by molar-refractivity contribution is 0.477. The molecule has 21 heavy (non-hydrogen) atoms. The molecule has 3 heterocycles. The van der Waals surface area contributed by atoms with Gasteiger partial charge in [-0.15, -0.1) is 0 Å². The number of aromatic nitrogens is 3. The maximum Gasteiger partial charge on any atom is 0.271 e. The van der Waals surface area contributed by atoms with Crippen molar-refractivity contribution in [2.24, 2.45) is 0 Å². The molecule has 0 amide bonds. The minimum absolute atomic E-state index is 0.0169. The van der Waals surface area contributed by atoms with Crippen LogP contribution in [0.2, 0.25) is 0 Å². The lowest BCUT2D eigenvalue weighted by Crippen LogP contribution is -2.23. The van der Waals surface area contributed by atoms with Gasteiger partial charge in [-0.3, -0.25) is 14.0 Å². The molecule has 102 valence electrons. The number of hydrogen-bond acceptors (Lipinski definition) is 4. The maximum atomic E-state index is 12.5. The van der Waals surface area contributed by atoms with Crippen LogP contribution in [0, 0.1) is 0 Å². The highest BCUT2D eigenvalue weighted by atomic mass is 16.3. The SMILES string of the molecule is O=c1[nH]c2ccccc2c2nc3c(O)cccn3c(=O)c12. The molecule has 4 aromatic rings. The fourth-order valence-electron chi connectivity index (χ4n) is 2.53. The Labute approximate surface area is 116 Å². The molecule has 6 heteroatoms. The number of para-hydroxylation sites is 1. The van der Waals surface area contributed by atoms with Crippen LogP contribution in [0.1, 0.15) is 0 Å². The Bertz CT molecular complexity index is 1140. The van der Waals surface area contributed by atoms with Gasteiger partial charge in [0, 0.05) is 11.6 Å².